The standard InChI is InChI=1S/C19H29N5/c1-15-20-10-14-23(15)11-4-5-12-24-13-6-9-18(24)19-21-16-7-2-3-8-17(16)22-19/h10,14,18H,2-9,11-13H2,1H3,(H,21,22)/t18-/m0/s1. The molecule has 5 nitrogen and oxygen atoms in total. The molecule has 0 bridgehead atoms. The molecule has 130 valence electrons. The Kier molecular flexibility index (Phi) is 4.69. The lowest BCUT2D eigenvalue weighted by Gasteiger charge is -2.22. The summed E-state index contributed by atoms with van der Waals surface area (Å²) in [4.78, 5) is 15.6. The lowest BCUT2D eigenvalue weighted by Crippen LogP contribution is -2.25. The Morgan fingerprint density at radius 1 is 1.17 bits per heavy atom. The monoisotopic (exact) mass is 327 g/mol. The number of imidazole rings is 2. The summed E-state index contributed by atoms with van der Waals surface area (Å²) >= 11 is 0. The van der Waals surface area contributed by atoms with Crippen molar-refractivity contribution in [2.75, 3.05) is 13.1 Å². The predicted molar refractivity (Wildman–Crippen MR) is 95.0 cm³/mol. The lowest BCUT2D eigenvalue weighted by atomic mass is 10.0. The van der Waals surface area contributed by atoms with Crippen LogP contribution >= 0.6 is 0 Å². The summed E-state index contributed by atoms with van der Waals surface area (Å²) in [6, 6.07) is 0.519. The largest absolute Gasteiger partial charge is 0.344 e. The Labute approximate surface area is 144 Å². The number of nitrogens with zero attached hydrogens (tertiary/aromatic N) is 4. The van der Waals surface area contributed by atoms with Gasteiger partial charge in [0.1, 0.15) is 11.6 Å². The zero-order chi connectivity index (χ0) is 16.4. The summed E-state index contributed by atoms with van der Waals surface area (Å²) in [5.41, 5.74) is 2.76. The van der Waals surface area contributed by atoms with E-state index in [-0.39, 0.29) is 0 Å². The third kappa shape index (κ3) is 3.27. The van der Waals surface area contributed by atoms with Gasteiger partial charge in [-0.15, -0.1) is 0 Å². The van der Waals surface area contributed by atoms with Crippen LogP contribution in [0, 0.1) is 6.92 Å². The number of hydrogen-bond acceptors (Lipinski definition) is 3. The minimum atomic E-state index is 0.519. The maximum absolute atomic E-state index is 4.95. The van der Waals surface area contributed by atoms with Gasteiger partial charge < -0.3 is 9.55 Å². The molecule has 4 rings (SSSR count). The number of aromatic nitrogens is 4. The summed E-state index contributed by atoms with van der Waals surface area (Å²) in [5, 5.41) is 0. The second-order valence-corrected chi connectivity index (χ2v) is 7.32. The number of unbranched alkanes of at least 4 members (excludes halogenated alkanes) is 1. The number of aryl methyl sites for hydroxylation is 4. The molecule has 0 spiro atoms. The van der Waals surface area contributed by atoms with Gasteiger partial charge in [0.2, 0.25) is 0 Å². The number of H-pyrrole nitrogens is 1. The Hall–Kier alpha value is -1.62. The van der Waals surface area contributed by atoms with Crippen LogP contribution in [0.5, 0.6) is 0 Å². The highest BCUT2D eigenvalue weighted by Gasteiger charge is 2.29. The highest BCUT2D eigenvalue weighted by molar-refractivity contribution is 5.19. The highest BCUT2D eigenvalue weighted by atomic mass is 15.2. The number of rotatable bonds is 6. The Balaban J connectivity index is 1.31. The quantitative estimate of drug-likeness (QED) is 0.827. The van der Waals surface area contributed by atoms with Gasteiger partial charge in [0.25, 0.3) is 0 Å². The number of hydrogen-bond donors (Lipinski definition) is 1. The van der Waals surface area contributed by atoms with Crippen LogP contribution in [0.4, 0.5) is 0 Å². The van der Waals surface area contributed by atoms with Gasteiger partial charge in [-0.2, -0.15) is 0 Å². The smallest absolute Gasteiger partial charge is 0.124 e. The summed E-state index contributed by atoms with van der Waals surface area (Å²) < 4.78 is 2.25. The van der Waals surface area contributed by atoms with E-state index in [2.05, 4.69) is 32.6 Å². The minimum absolute atomic E-state index is 0.519. The van der Waals surface area contributed by atoms with E-state index in [0.29, 0.717) is 6.04 Å². The summed E-state index contributed by atoms with van der Waals surface area (Å²) in [6.07, 6.45) is 14.0. The van der Waals surface area contributed by atoms with Crippen LogP contribution in [0.2, 0.25) is 0 Å². The van der Waals surface area contributed by atoms with E-state index in [4.69, 9.17) is 4.98 Å². The molecule has 0 saturated carbocycles. The number of nitrogens with one attached hydrogen (secondary N) is 1. The van der Waals surface area contributed by atoms with Crippen molar-refractivity contribution in [3.8, 4) is 0 Å². The first-order chi connectivity index (χ1) is 11.8. The lowest BCUT2D eigenvalue weighted by molar-refractivity contribution is 0.242. The summed E-state index contributed by atoms with van der Waals surface area (Å²) in [7, 11) is 0. The van der Waals surface area contributed by atoms with Crippen molar-refractivity contribution in [1.82, 2.24) is 24.4 Å². The predicted octanol–water partition coefficient (Wildman–Crippen LogP) is 3.41. The SMILES string of the molecule is Cc1nccn1CCCCN1CCC[C@H]1c1nc2c([nH]1)CCCC2. The molecule has 0 radical (unpaired) electrons. The van der Waals surface area contributed by atoms with Gasteiger partial charge in [-0.05, 0) is 71.4 Å². The highest BCUT2D eigenvalue weighted by Crippen LogP contribution is 2.32. The second kappa shape index (κ2) is 7.09. The number of fused-ring (bicyclic) bond motifs is 1. The van der Waals surface area contributed by atoms with Gasteiger partial charge in [-0.3, -0.25) is 4.90 Å². The van der Waals surface area contributed by atoms with Crippen LogP contribution < -0.4 is 0 Å². The average molecular weight is 327 g/mol. The van der Waals surface area contributed by atoms with Gasteiger partial charge in [-0.1, -0.05) is 0 Å². The van der Waals surface area contributed by atoms with Gasteiger partial charge >= 0.3 is 0 Å². The van der Waals surface area contributed by atoms with Crippen molar-refractivity contribution in [1.29, 1.82) is 0 Å². The van der Waals surface area contributed by atoms with Crippen molar-refractivity contribution >= 4 is 0 Å². The van der Waals surface area contributed by atoms with Crippen LogP contribution in [-0.4, -0.2) is 37.5 Å². The van der Waals surface area contributed by atoms with Crippen LogP contribution in [-0.2, 0) is 19.4 Å². The maximum Gasteiger partial charge on any atom is 0.124 e. The molecule has 2 aromatic rings. The third-order valence-electron chi connectivity index (χ3n) is 5.67. The molecular weight excluding hydrogens is 298 g/mol. The fourth-order valence-electron chi connectivity index (χ4n) is 4.27. The van der Waals surface area contributed by atoms with E-state index in [9.17, 15) is 0 Å². The molecule has 0 amide bonds. The molecule has 1 fully saturated rings. The van der Waals surface area contributed by atoms with Gasteiger partial charge in [0, 0.05) is 24.6 Å². The first-order valence-corrected chi connectivity index (χ1v) is 9.61. The van der Waals surface area contributed by atoms with E-state index in [1.807, 2.05) is 6.20 Å². The van der Waals surface area contributed by atoms with E-state index in [1.165, 1.54) is 81.7 Å². The van der Waals surface area contributed by atoms with Crippen LogP contribution in [0.15, 0.2) is 12.4 Å². The topological polar surface area (TPSA) is 49.7 Å². The molecule has 2 aromatic heterocycles. The maximum atomic E-state index is 4.95. The fraction of sp³-hybridized carbons (Fsp3) is 0.684. The van der Waals surface area contributed by atoms with Crippen molar-refractivity contribution in [2.24, 2.45) is 0 Å². The first kappa shape index (κ1) is 15.9. The zero-order valence-electron chi connectivity index (χ0n) is 14.8. The number of aromatic amines is 1. The van der Waals surface area contributed by atoms with Gasteiger partial charge in [0.15, 0.2) is 0 Å². The molecule has 1 aliphatic carbocycles. The summed E-state index contributed by atoms with van der Waals surface area (Å²) in [6.45, 7) is 5.57. The molecular formula is C19H29N5. The summed E-state index contributed by atoms with van der Waals surface area (Å²) in [5.74, 6) is 2.36. The molecule has 2 aliphatic rings. The zero-order valence-corrected chi connectivity index (χ0v) is 14.8. The molecule has 1 saturated heterocycles. The van der Waals surface area contributed by atoms with Crippen molar-refractivity contribution in [2.45, 2.75) is 70.9 Å². The van der Waals surface area contributed by atoms with Gasteiger partial charge in [0.05, 0.1) is 11.7 Å². The molecule has 1 atom stereocenters. The Morgan fingerprint density at radius 2 is 2.04 bits per heavy atom. The van der Waals surface area contributed by atoms with Crippen molar-refractivity contribution in [3.05, 3.63) is 35.4 Å². The molecule has 24 heavy (non-hydrogen) atoms. The fourth-order valence-corrected chi connectivity index (χ4v) is 4.27. The van der Waals surface area contributed by atoms with Gasteiger partial charge in [-0.25, -0.2) is 9.97 Å². The Bertz CT molecular complexity index is 648. The minimum Gasteiger partial charge on any atom is -0.344 e. The average Bonchev–Trinajstić information content (AvgIpc) is 3.30. The van der Waals surface area contributed by atoms with E-state index in [1.54, 1.807) is 0 Å². The van der Waals surface area contributed by atoms with Crippen LogP contribution in [0.3, 0.4) is 0 Å². The molecule has 0 aromatic carbocycles. The van der Waals surface area contributed by atoms with E-state index in [0.717, 1.165) is 12.4 Å². The van der Waals surface area contributed by atoms with Crippen LogP contribution in [0.25, 0.3) is 0 Å². The van der Waals surface area contributed by atoms with Crippen LogP contribution in [0.1, 0.15) is 67.6 Å². The molecule has 0 unspecified atom stereocenters. The molecule has 1 aliphatic heterocycles. The first-order valence-electron chi connectivity index (χ1n) is 9.61. The molecule has 3 heterocycles. The van der Waals surface area contributed by atoms with E-state index < -0.39 is 0 Å². The second-order valence-electron chi connectivity index (χ2n) is 7.32. The normalized spacial score (nSPS) is 21.3. The van der Waals surface area contributed by atoms with Crippen molar-refractivity contribution in [3.63, 3.8) is 0 Å². The third-order valence-corrected chi connectivity index (χ3v) is 5.67. The Morgan fingerprint density at radius 3 is 2.88 bits per heavy atom. The molecule has 5 heteroatoms. The number of likely N-dealkylation sites (tertiary alicyclic amines) is 1. The molecule has 1 N–H and O–H groups in total. The van der Waals surface area contributed by atoms with E-state index >= 15 is 0 Å². The van der Waals surface area contributed by atoms with Crippen molar-refractivity contribution < 1.29 is 0 Å².